The number of carbonyl (C=O) groups is 1. The van der Waals surface area contributed by atoms with Gasteiger partial charge in [-0.2, -0.15) is 0 Å². The van der Waals surface area contributed by atoms with Gasteiger partial charge in [0.05, 0.1) is 16.9 Å². The number of para-hydroxylation sites is 1. The van der Waals surface area contributed by atoms with Crippen LogP contribution < -0.4 is 16.2 Å². The fourth-order valence-corrected chi connectivity index (χ4v) is 3.39. The minimum absolute atomic E-state index is 0.255. The summed E-state index contributed by atoms with van der Waals surface area (Å²) in [6.45, 7) is 11.6. The summed E-state index contributed by atoms with van der Waals surface area (Å²) >= 11 is 0. The molecule has 0 fully saturated rings. The van der Waals surface area contributed by atoms with Crippen molar-refractivity contribution in [1.29, 1.82) is 0 Å². The van der Waals surface area contributed by atoms with E-state index in [2.05, 4.69) is 17.2 Å². The van der Waals surface area contributed by atoms with Crippen LogP contribution in [-0.4, -0.2) is 15.4 Å². The van der Waals surface area contributed by atoms with Gasteiger partial charge < -0.3 is 10.6 Å². The van der Waals surface area contributed by atoms with Gasteiger partial charge in [-0.05, 0) is 57.0 Å². The number of anilines is 1. The molecule has 3 rings (SSSR count). The smallest absolute Gasteiger partial charge is 0.320 e. The number of hydrogen-bond acceptors (Lipinski definition) is 2. The standard InChI is InChI=1S/C24H28N4O2/c1-16(2)18-11-10-12-19(15-18)24(4,5)26-23(30)25-21-17(3)27(6)28(22(21)29)20-13-8-7-9-14-20/h7-15H,1H2,2-6H3,(H2,25,26,30). The first-order valence-electron chi connectivity index (χ1n) is 9.81. The maximum atomic E-state index is 13.0. The molecular formula is C24H28N4O2. The van der Waals surface area contributed by atoms with Gasteiger partial charge in [0.15, 0.2) is 0 Å². The topological polar surface area (TPSA) is 68.1 Å². The minimum atomic E-state index is -0.642. The van der Waals surface area contributed by atoms with Crippen LogP contribution in [0.5, 0.6) is 0 Å². The maximum absolute atomic E-state index is 13.0. The summed E-state index contributed by atoms with van der Waals surface area (Å²) in [5.74, 6) is 0. The first-order valence-corrected chi connectivity index (χ1v) is 9.81. The van der Waals surface area contributed by atoms with Crippen LogP contribution in [0, 0.1) is 6.92 Å². The van der Waals surface area contributed by atoms with Crippen LogP contribution in [0.4, 0.5) is 10.5 Å². The van der Waals surface area contributed by atoms with E-state index in [1.165, 1.54) is 4.68 Å². The summed E-state index contributed by atoms with van der Waals surface area (Å²) in [4.78, 5) is 25.8. The minimum Gasteiger partial charge on any atom is -0.329 e. The molecule has 0 aliphatic carbocycles. The van der Waals surface area contributed by atoms with E-state index in [9.17, 15) is 9.59 Å². The molecule has 156 valence electrons. The second kappa shape index (κ2) is 8.06. The first kappa shape index (κ1) is 21.2. The molecule has 0 bridgehead atoms. The Morgan fingerprint density at radius 1 is 1.07 bits per heavy atom. The van der Waals surface area contributed by atoms with Crippen molar-refractivity contribution in [1.82, 2.24) is 14.7 Å². The fraction of sp³-hybridized carbons (Fsp3) is 0.250. The summed E-state index contributed by atoms with van der Waals surface area (Å²) in [7, 11) is 1.79. The van der Waals surface area contributed by atoms with Gasteiger partial charge in [-0.3, -0.25) is 9.48 Å². The van der Waals surface area contributed by atoms with Crippen LogP contribution in [0.1, 0.15) is 37.6 Å². The molecule has 0 spiro atoms. The molecule has 0 saturated carbocycles. The van der Waals surface area contributed by atoms with Gasteiger partial charge in [0.1, 0.15) is 5.69 Å². The lowest BCUT2D eigenvalue weighted by Gasteiger charge is -2.27. The van der Waals surface area contributed by atoms with E-state index in [1.807, 2.05) is 75.4 Å². The van der Waals surface area contributed by atoms with Gasteiger partial charge in [0, 0.05) is 7.05 Å². The molecule has 1 aromatic heterocycles. The zero-order valence-electron chi connectivity index (χ0n) is 18.1. The largest absolute Gasteiger partial charge is 0.329 e. The van der Waals surface area contributed by atoms with Gasteiger partial charge in [0.25, 0.3) is 5.56 Å². The second-order valence-electron chi connectivity index (χ2n) is 8.00. The highest BCUT2D eigenvalue weighted by Gasteiger charge is 2.25. The Bertz CT molecular complexity index is 1150. The third kappa shape index (κ3) is 4.08. The third-order valence-electron chi connectivity index (χ3n) is 5.30. The molecule has 0 aliphatic rings. The number of amides is 2. The fourth-order valence-electron chi connectivity index (χ4n) is 3.39. The Kier molecular flexibility index (Phi) is 5.69. The molecule has 1 heterocycles. The molecule has 6 nitrogen and oxygen atoms in total. The van der Waals surface area contributed by atoms with Crippen LogP contribution in [0.3, 0.4) is 0 Å². The molecule has 0 aliphatic heterocycles. The Morgan fingerprint density at radius 2 is 1.73 bits per heavy atom. The zero-order valence-corrected chi connectivity index (χ0v) is 18.1. The van der Waals surface area contributed by atoms with Crippen LogP contribution in [0.15, 0.2) is 66.0 Å². The summed E-state index contributed by atoms with van der Waals surface area (Å²) in [5, 5.41) is 5.72. The van der Waals surface area contributed by atoms with Gasteiger partial charge in [-0.1, -0.05) is 48.6 Å². The molecule has 2 amide bonds. The SMILES string of the molecule is C=C(C)c1cccc(C(C)(C)NC(=O)Nc2c(C)n(C)n(-c3ccccc3)c2=O)c1. The van der Waals surface area contributed by atoms with Gasteiger partial charge in [0.2, 0.25) is 0 Å². The molecule has 0 radical (unpaired) electrons. The van der Waals surface area contributed by atoms with Crippen molar-refractivity contribution in [2.45, 2.75) is 33.2 Å². The number of nitrogens with one attached hydrogen (secondary N) is 2. The van der Waals surface area contributed by atoms with Crippen LogP contribution in [0.2, 0.25) is 0 Å². The monoisotopic (exact) mass is 404 g/mol. The lowest BCUT2D eigenvalue weighted by Crippen LogP contribution is -2.44. The molecule has 0 saturated heterocycles. The van der Waals surface area contributed by atoms with E-state index in [0.29, 0.717) is 5.69 Å². The van der Waals surface area contributed by atoms with Crippen LogP contribution in [0.25, 0.3) is 11.3 Å². The number of rotatable bonds is 5. The molecule has 3 aromatic rings. The first-order chi connectivity index (χ1) is 14.1. The number of carbonyl (C=O) groups excluding carboxylic acids is 1. The number of benzene rings is 2. The summed E-state index contributed by atoms with van der Waals surface area (Å²) in [5.41, 5.74) is 3.66. The third-order valence-corrected chi connectivity index (χ3v) is 5.30. The summed E-state index contributed by atoms with van der Waals surface area (Å²) < 4.78 is 3.27. The van der Waals surface area contributed by atoms with E-state index in [0.717, 1.165) is 22.4 Å². The quantitative estimate of drug-likeness (QED) is 0.654. The predicted molar refractivity (Wildman–Crippen MR) is 122 cm³/mol. The van der Waals surface area contributed by atoms with Crippen LogP contribution in [-0.2, 0) is 12.6 Å². The highest BCUT2D eigenvalue weighted by molar-refractivity contribution is 5.90. The molecule has 2 N–H and O–H groups in total. The van der Waals surface area contributed by atoms with Gasteiger partial charge >= 0.3 is 6.03 Å². The molecule has 2 aromatic carbocycles. The number of allylic oxidation sites excluding steroid dienone is 1. The lowest BCUT2D eigenvalue weighted by molar-refractivity contribution is 0.242. The van der Waals surface area contributed by atoms with Crippen molar-refractivity contribution in [2.75, 3.05) is 5.32 Å². The Balaban J connectivity index is 1.86. The Hall–Kier alpha value is -3.54. The van der Waals surface area contributed by atoms with Crippen LogP contribution >= 0.6 is 0 Å². The van der Waals surface area contributed by atoms with E-state index in [4.69, 9.17) is 0 Å². The van der Waals surface area contributed by atoms with Crippen molar-refractivity contribution in [3.63, 3.8) is 0 Å². The molecule has 0 unspecified atom stereocenters. The number of nitrogens with zero attached hydrogens (tertiary/aromatic N) is 2. The number of hydrogen-bond donors (Lipinski definition) is 2. The normalized spacial score (nSPS) is 11.2. The molecular weight excluding hydrogens is 376 g/mol. The highest BCUT2D eigenvalue weighted by atomic mass is 16.2. The van der Waals surface area contributed by atoms with Crippen molar-refractivity contribution in [3.05, 3.63) is 88.4 Å². The van der Waals surface area contributed by atoms with E-state index in [1.54, 1.807) is 18.7 Å². The number of urea groups is 1. The molecule has 6 heteroatoms. The predicted octanol–water partition coefficient (Wildman–Crippen LogP) is 4.57. The van der Waals surface area contributed by atoms with E-state index in [-0.39, 0.29) is 11.2 Å². The average molecular weight is 405 g/mol. The van der Waals surface area contributed by atoms with Crippen molar-refractivity contribution in [2.24, 2.45) is 7.05 Å². The summed E-state index contributed by atoms with van der Waals surface area (Å²) in [6.07, 6.45) is 0. The average Bonchev–Trinajstić information content (AvgIpc) is 2.91. The van der Waals surface area contributed by atoms with Gasteiger partial charge in [-0.15, -0.1) is 0 Å². The summed E-state index contributed by atoms with van der Waals surface area (Å²) in [6, 6.07) is 16.8. The maximum Gasteiger partial charge on any atom is 0.320 e. The van der Waals surface area contributed by atoms with E-state index >= 15 is 0 Å². The second-order valence-corrected chi connectivity index (χ2v) is 8.00. The zero-order chi connectivity index (χ0) is 22.1. The number of aromatic nitrogens is 2. The van der Waals surface area contributed by atoms with Gasteiger partial charge in [-0.25, -0.2) is 9.48 Å². The Labute approximate surface area is 176 Å². The van der Waals surface area contributed by atoms with E-state index < -0.39 is 11.6 Å². The highest BCUT2D eigenvalue weighted by Crippen LogP contribution is 2.24. The lowest BCUT2D eigenvalue weighted by atomic mass is 9.92. The van der Waals surface area contributed by atoms with Crippen molar-refractivity contribution < 1.29 is 4.79 Å². The van der Waals surface area contributed by atoms with Crippen molar-refractivity contribution >= 4 is 17.3 Å². The molecule has 0 atom stereocenters. The Morgan fingerprint density at radius 3 is 2.37 bits per heavy atom. The van der Waals surface area contributed by atoms with Crippen molar-refractivity contribution in [3.8, 4) is 5.69 Å². The molecule has 30 heavy (non-hydrogen) atoms.